The summed E-state index contributed by atoms with van der Waals surface area (Å²) < 4.78 is 12.9. The maximum Gasteiger partial charge on any atom is 0.224 e. The summed E-state index contributed by atoms with van der Waals surface area (Å²) in [6.07, 6.45) is 1.66. The smallest absolute Gasteiger partial charge is 0.224 e. The van der Waals surface area contributed by atoms with Crippen molar-refractivity contribution in [3.05, 3.63) is 59.4 Å². The van der Waals surface area contributed by atoms with Gasteiger partial charge < -0.3 is 10.2 Å². The van der Waals surface area contributed by atoms with Crippen LogP contribution in [0.1, 0.15) is 42.1 Å². The molecule has 0 saturated heterocycles. The summed E-state index contributed by atoms with van der Waals surface area (Å²) >= 11 is 0. The first-order valence-electron chi connectivity index (χ1n) is 8.93. The number of fused-ring (bicyclic) bond motifs is 1. The Labute approximate surface area is 157 Å². The minimum Gasteiger partial charge on any atom is -0.326 e. The zero-order chi connectivity index (χ0) is 19.4. The Balaban J connectivity index is 1.51. The molecule has 1 heterocycles. The van der Waals surface area contributed by atoms with Crippen LogP contribution in [0.25, 0.3) is 0 Å². The van der Waals surface area contributed by atoms with E-state index in [9.17, 15) is 18.8 Å². The average molecular weight is 368 g/mol. The number of anilines is 2. The lowest BCUT2D eigenvalue weighted by molar-refractivity contribution is -0.117. The predicted molar refractivity (Wildman–Crippen MR) is 101 cm³/mol. The van der Waals surface area contributed by atoms with Gasteiger partial charge in [-0.25, -0.2) is 4.39 Å². The first kappa shape index (κ1) is 18.8. The van der Waals surface area contributed by atoms with Crippen LogP contribution in [0.2, 0.25) is 0 Å². The lowest BCUT2D eigenvalue weighted by Gasteiger charge is -2.15. The number of ketones is 1. The highest BCUT2D eigenvalue weighted by molar-refractivity contribution is 5.98. The molecule has 0 aromatic heterocycles. The Morgan fingerprint density at radius 2 is 1.81 bits per heavy atom. The summed E-state index contributed by atoms with van der Waals surface area (Å²) in [5, 5.41) is 2.81. The summed E-state index contributed by atoms with van der Waals surface area (Å²) in [6, 6.07) is 10.9. The number of carbonyl (C=O) groups is 3. The Kier molecular flexibility index (Phi) is 5.64. The van der Waals surface area contributed by atoms with Crippen LogP contribution in [0.5, 0.6) is 0 Å². The zero-order valence-corrected chi connectivity index (χ0v) is 15.1. The second kappa shape index (κ2) is 8.12. The van der Waals surface area contributed by atoms with Gasteiger partial charge in [-0.15, -0.1) is 0 Å². The van der Waals surface area contributed by atoms with Crippen LogP contribution in [0, 0.1) is 5.82 Å². The standard InChI is InChI=1S/C21H21FN2O3/c1-14(25)24-12-11-15-7-10-18(13-19(15)24)23-21(27)4-2-3-20(26)16-5-8-17(22)9-6-16/h5-10,13H,2-4,11-12H2,1H3,(H,23,27). The van der Waals surface area contributed by atoms with Gasteiger partial charge in [0.2, 0.25) is 11.8 Å². The van der Waals surface area contributed by atoms with Gasteiger partial charge >= 0.3 is 0 Å². The van der Waals surface area contributed by atoms with E-state index < -0.39 is 0 Å². The fourth-order valence-corrected chi connectivity index (χ4v) is 3.20. The van der Waals surface area contributed by atoms with Crippen molar-refractivity contribution in [3.63, 3.8) is 0 Å². The Morgan fingerprint density at radius 3 is 2.52 bits per heavy atom. The van der Waals surface area contributed by atoms with Crippen molar-refractivity contribution in [2.45, 2.75) is 32.6 Å². The molecule has 2 aromatic carbocycles. The van der Waals surface area contributed by atoms with Crippen LogP contribution in [-0.4, -0.2) is 24.1 Å². The van der Waals surface area contributed by atoms with E-state index in [1.807, 2.05) is 18.2 Å². The predicted octanol–water partition coefficient (Wildman–Crippen LogP) is 3.73. The number of Topliss-reactive ketones (excluding diaryl/α,β-unsaturated/α-hetero) is 1. The van der Waals surface area contributed by atoms with Crippen molar-refractivity contribution in [2.24, 2.45) is 0 Å². The maximum atomic E-state index is 12.9. The van der Waals surface area contributed by atoms with Crippen LogP contribution >= 0.6 is 0 Å². The highest BCUT2D eigenvalue weighted by atomic mass is 19.1. The van der Waals surface area contributed by atoms with Gasteiger partial charge in [-0.05, 0) is 54.8 Å². The third-order valence-electron chi connectivity index (χ3n) is 4.62. The molecule has 27 heavy (non-hydrogen) atoms. The summed E-state index contributed by atoms with van der Waals surface area (Å²) in [7, 11) is 0. The number of carbonyl (C=O) groups excluding carboxylic acids is 3. The number of hydrogen-bond donors (Lipinski definition) is 1. The fraction of sp³-hybridized carbons (Fsp3) is 0.286. The summed E-state index contributed by atoms with van der Waals surface area (Å²) in [5.74, 6) is -0.702. The van der Waals surface area contributed by atoms with Crippen LogP contribution < -0.4 is 10.2 Å². The zero-order valence-electron chi connectivity index (χ0n) is 15.1. The SMILES string of the molecule is CC(=O)N1CCc2ccc(NC(=O)CCCC(=O)c3ccc(F)cc3)cc21. The molecule has 0 aliphatic carbocycles. The maximum absolute atomic E-state index is 12.9. The van der Waals surface area contributed by atoms with E-state index in [0.717, 1.165) is 17.7 Å². The number of benzene rings is 2. The Bertz CT molecular complexity index is 877. The number of hydrogen-bond acceptors (Lipinski definition) is 3. The van der Waals surface area contributed by atoms with E-state index in [0.29, 0.717) is 24.2 Å². The van der Waals surface area contributed by atoms with Gasteiger partial charge in [0.05, 0.1) is 0 Å². The van der Waals surface area contributed by atoms with Crippen molar-refractivity contribution in [1.29, 1.82) is 0 Å². The summed E-state index contributed by atoms with van der Waals surface area (Å²) in [4.78, 5) is 37.5. The molecule has 2 amide bonds. The normalized spacial score (nSPS) is 12.6. The Hall–Kier alpha value is -3.02. The van der Waals surface area contributed by atoms with Crippen LogP contribution in [0.15, 0.2) is 42.5 Å². The molecular formula is C21H21FN2O3. The second-order valence-electron chi connectivity index (χ2n) is 6.60. The van der Waals surface area contributed by atoms with Gasteiger partial charge in [0.1, 0.15) is 5.82 Å². The van der Waals surface area contributed by atoms with Crippen molar-refractivity contribution in [1.82, 2.24) is 0 Å². The van der Waals surface area contributed by atoms with Gasteiger partial charge in [-0.3, -0.25) is 14.4 Å². The number of nitrogens with zero attached hydrogens (tertiary/aromatic N) is 1. The van der Waals surface area contributed by atoms with E-state index in [-0.39, 0.29) is 36.3 Å². The molecule has 140 valence electrons. The largest absolute Gasteiger partial charge is 0.326 e. The van der Waals surface area contributed by atoms with Crippen molar-refractivity contribution < 1.29 is 18.8 Å². The number of halogens is 1. The molecule has 1 N–H and O–H groups in total. The third-order valence-corrected chi connectivity index (χ3v) is 4.62. The van der Waals surface area contributed by atoms with Gasteiger partial charge in [0.15, 0.2) is 5.78 Å². The molecule has 1 aliphatic rings. The molecule has 0 saturated carbocycles. The van der Waals surface area contributed by atoms with Crippen molar-refractivity contribution in [2.75, 3.05) is 16.8 Å². The van der Waals surface area contributed by atoms with E-state index in [1.54, 1.807) is 4.90 Å². The van der Waals surface area contributed by atoms with Crippen molar-refractivity contribution >= 4 is 29.0 Å². The summed E-state index contributed by atoms with van der Waals surface area (Å²) in [5.41, 5.74) is 3.01. The van der Waals surface area contributed by atoms with E-state index in [1.165, 1.54) is 31.2 Å². The van der Waals surface area contributed by atoms with E-state index >= 15 is 0 Å². The molecule has 0 unspecified atom stereocenters. The minimum atomic E-state index is -0.386. The topological polar surface area (TPSA) is 66.5 Å². The monoisotopic (exact) mass is 368 g/mol. The molecule has 3 rings (SSSR count). The van der Waals surface area contributed by atoms with Gasteiger partial charge in [-0.2, -0.15) is 0 Å². The van der Waals surface area contributed by atoms with E-state index in [4.69, 9.17) is 0 Å². The van der Waals surface area contributed by atoms with Crippen molar-refractivity contribution in [3.8, 4) is 0 Å². The van der Waals surface area contributed by atoms with Gasteiger partial charge in [0, 0.05) is 43.2 Å². The lowest BCUT2D eigenvalue weighted by Crippen LogP contribution is -2.25. The molecule has 0 radical (unpaired) electrons. The van der Waals surface area contributed by atoms with Crippen LogP contribution in [-0.2, 0) is 16.0 Å². The third kappa shape index (κ3) is 4.58. The lowest BCUT2D eigenvalue weighted by atomic mass is 10.1. The fourth-order valence-electron chi connectivity index (χ4n) is 3.20. The molecule has 1 aliphatic heterocycles. The van der Waals surface area contributed by atoms with Gasteiger partial charge in [-0.1, -0.05) is 6.07 Å². The molecular weight excluding hydrogens is 347 g/mol. The Morgan fingerprint density at radius 1 is 1.07 bits per heavy atom. The first-order chi connectivity index (χ1) is 12.9. The van der Waals surface area contributed by atoms with Gasteiger partial charge in [0.25, 0.3) is 0 Å². The highest BCUT2D eigenvalue weighted by Crippen LogP contribution is 2.31. The first-order valence-corrected chi connectivity index (χ1v) is 8.93. The average Bonchev–Trinajstić information content (AvgIpc) is 3.05. The molecule has 2 aromatic rings. The number of amides is 2. The minimum absolute atomic E-state index is 0.0171. The number of nitrogens with one attached hydrogen (secondary N) is 1. The molecule has 0 fully saturated rings. The van der Waals surface area contributed by atoms with Crippen LogP contribution in [0.3, 0.4) is 0 Å². The summed E-state index contributed by atoms with van der Waals surface area (Å²) in [6.45, 7) is 2.19. The molecule has 5 nitrogen and oxygen atoms in total. The quantitative estimate of drug-likeness (QED) is 0.790. The molecule has 0 spiro atoms. The number of rotatable bonds is 6. The van der Waals surface area contributed by atoms with Crippen LogP contribution in [0.4, 0.5) is 15.8 Å². The second-order valence-corrected chi connectivity index (χ2v) is 6.60. The molecule has 0 atom stereocenters. The molecule has 0 bridgehead atoms. The van der Waals surface area contributed by atoms with E-state index in [2.05, 4.69) is 5.32 Å². The molecule has 6 heteroatoms. The highest BCUT2D eigenvalue weighted by Gasteiger charge is 2.22.